The minimum atomic E-state index is -0.853. The van der Waals surface area contributed by atoms with Gasteiger partial charge in [0, 0.05) is 34.3 Å². The molecule has 250 valence electrons. The maximum Gasteiger partial charge on any atom is 0.248 e. The molecular formula is C39H44N4O4S. The third-order valence-corrected chi connectivity index (χ3v) is 10.9. The van der Waals surface area contributed by atoms with E-state index < -0.39 is 11.5 Å². The van der Waals surface area contributed by atoms with E-state index >= 15 is 0 Å². The molecule has 0 radical (unpaired) electrons. The smallest absolute Gasteiger partial charge is 0.248 e. The molecule has 48 heavy (non-hydrogen) atoms. The highest BCUT2D eigenvalue weighted by Crippen LogP contribution is 2.43. The predicted molar refractivity (Wildman–Crippen MR) is 192 cm³/mol. The van der Waals surface area contributed by atoms with E-state index in [1.54, 1.807) is 12.1 Å². The van der Waals surface area contributed by atoms with Gasteiger partial charge in [-0.15, -0.1) is 11.3 Å². The quantitative estimate of drug-likeness (QED) is 0.0969. The number of nitrogens with one attached hydrogen (secondary N) is 2. The number of thiophene rings is 1. The number of phenolic OH excluding ortho intramolecular Hbond substituents is 1. The molecule has 1 saturated heterocycles. The molecule has 6 rings (SSSR count). The van der Waals surface area contributed by atoms with Crippen molar-refractivity contribution in [2.24, 2.45) is 11.7 Å². The lowest BCUT2D eigenvalue weighted by molar-refractivity contribution is -0.123. The first-order valence-corrected chi connectivity index (χ1v) is 17.6. The Hall–Kier alpha value is -4.28. The van der Waals surface area contributed by atoms with Crippen molar-refractivity contribution in [3.63, 3.8) is 0 Å². The Balaban J connectivity index is 0.959. The van der Waals surface area contributed by atoms with Crippen LogP contribution in [0.2, 0.25) is 0 Å². The monoisotopic (exact) mass is 664 g/mol. The number of benzene rings is 3. The number of fused-ring (bicyclic) bond motifs is 1. The lowest BCUT2D eigenvalue weighted by Crippen LogP contribution is -2.49. The fraction of sp³-hybridized carbons (Fsp3) is 0.333. The summed E-state index contributed by atoms with van der Waals surface area (Å²) in [6, 6.07) is 30.8. The molecule has 0 bridgehead atoms. The van der Waals surface area contributed by atoms with Crippen LogP contribution in [0.3, 0.4) is 0 Å². The molecule has 8 nitrogen and oxygen atoms in total. The molecule has 3 heterocycles. The van der Waals surface area contributed by atoms with Crippen molar-refractivity contribution in [1.29, 1.82) is 0 Å². The Morgan fingerprint density at radius 1 is 0.938 bits per heavy atom. The van der Waals surface area contributed by atoms with Crippen molar-refractivity contribution < 1.29 is 15.0 Å². The minimum absolute atomic E-state index is 0.0134. The van der Waals surface area contributed by atoms with Crippen LogP contribution in [0.1, 0.15) is 51.8 Å². The van der Waals surface area contributed by atoms with E-state index in [0.29, 0.717) is 23.0 Å². The van der Waals surface area contributed by atoms with Gasteiger partial charge in [0.05, 0.1) is 11.6 Å². The largest absolute Gasteiger partial charge is 0.506 e. The van der Waals surface area contributed by atoms with E-state index in [0.717, 1.165) is 69.4 Å². The predicted octanol–water partition coefficient (Wildman–Crippen LogP) is 5.28. The number of aliphatic hydroxyl groups excluding tert-OH is 1. The molecule has 0 aliphatic carbocycles. The fourth-order valence-corrected chi connectivity index (χ4v) is 8.47. The zero-order chi connectivity index (χ0) is 33.5. The number of H-pyrrole nitrogens is 1. The van der Waals surface area contributed by atoms with Crippen LogP contribution in [0.25, 0.3) is 10.9 Å². The van der Waals surface area contributed by atoms with Crippen molar-refractivity contribution in [2.75, 3.05) is 32.7 Å². The number of aryl methyl sites for hydroxylation is 2. The third-order valence-electron chi connectivity index (χ3n) is 9.73. The topological polar surface area (TPSA) is 132 Å². The Labute approximate surface area is 285 Å². The van der Waals surface area contributed by atoms with Gasteiger partial charge < -0.3 is 31.1 Å². The minimum Gasteiger partial charge on any atom is -0.506 e. The normalized spacial score (nSPS) is 16.0. The number of likely N-dealkylation sites (tertiary alicyclic amines) is 1. The summed E-state index contributed by atoms with van der Waals surface area (Å²) in [6.07, 6.45) is 4.18. The van der Waals surface area contributed by atoms with Gasteiger partial charge in [0.1, 0.15) is 11.2 Å². The summed E-state index contributed by atoms with van der Waals surface area (Å²) in [4.78, 5) is 32.9. The van der Waals surface area contributed by atoms with Crippen molar-refractivity contribution in [1.82, 2.24) is 15.2 Å². The molecule has 1 fully saturated rings. The molecule has 1 aliphatic rings. The summed E-state index contributed by atoms with van der Waals surface area (Å²) in [6.45, 7) is 3.93. The zero-order valence-electron chi connectivity index (χ0n) is 27.1. The molecule has 3 aromatic carbocycles. The second-order valence-electron chi connectivity index (χ2n) is 12.8. The molecule has 1 amide bonds. The van der Waals surface area contributed by atoms with Crippen molar-refractivity contribution in [3.05, 3.63) is 134 Å². The van der Waals surface area contributed by atoms with Gasteiger partial charge in [0.2, 0.25) is 11.5 Å². The summed E-state index contributed by atoms with van der Waals surface area (Å²) in [5.74, 6) is -0.191. The first kappa shape index (κ1) is 33.6. The van der Waals surface area contributed by atoms with Gasteiger partial charge >= 0.3 is 0 Å². The van der Waals surface area contributed by atoms with Gasteiger partial charge in [-0.1, -0.05) is 66.7 Å². The number of aromatic hydroxyl groups is 1. The molecular weight excluding hydrogens is 621 g/mol. The van der Waals surface area contributed by atoms with Crippen molar-refractivity contribution in [3.8, 4) is 5.75 Å². The van der Waals surface area contributed by atoms with Crippen LogP contribution < -0.4 is 16.6 Å². The van der Waals surface area contributed by atoms with Crippen molar-refractivity contribution in [2.45, 2.75) is 43.6 Å². The number of hydrogen-bond acceptors (Lipinski definition) is 7. The summed E-state index contributed by atoms with van der Waals surface area (Å²) in [5, 5.41) is 24.9. The lowest BCUT2D eigenvalue weighted by atomic mass is 9.64. The Morgan fingerprint density at radius 3 is 2.27 bits per heavy atom. The molecule has 2 aromatic heterocycles. The summed E-state index contributed by atoms with van der Waals surface area (Å²) in [7, 11) is 0. The van der Waals surface area contributed by atoms with Gasteiger partial charge in [-0.2, -0.15) is 0 Å². The summed E-state index contributed by atoms with van der Waals surface area (Å²) < 4.78 is 0. The first-order valence-electron chi connectivity index (χ1n) is 16.8. The van der Waals surface area contributed by atoms with Gasteiger partial charge in [-0.25, -0.2) is 0 Å². The number of nitrogens with two attached hydrogens (primary N) is 1. The number of aromatic nitrogens is 1. The SMILES string of the molecule is NC(=O)C(c1ccccc1)(c1ccccc1)C1CCN(CCCc2ccc(CCCNCC(O)c3ccc(O)c4[nH]c(=O)ccc34)s2)C1. The molecule has 0 spiro atoms. The average Bonchev–Trinajstić information content (AvgIpc) is 3.76. The second-order valence-corrected chi connectivity index (χ2v) is 14.0. The van der Waals surface area contributed by atoms with Crippen molar-refractivity contribution >= 4 is 28.1 Å². The highest BCUT2D eigenvalue weighted by molar-refractivity contribution is 7.11. The second kappa shape index (κ2) is 15.3. The number of aliphatic hydroxyl groups is 1. The van der Waals surface area contributed by atoms with Gasteiger partial charge in [-0.05, 0) is 98.6 Å². The number of carbonyl (C=O) groups excluding carboxylic acids is 1. The standard InChI is InChI=1S/C39H44N4O4S/c40-38(47)39(27-9-3-1-4-10-27,28-11-5-2-6-12-28)29-21-24-43(26-29)23-8-14-31-16-15-30(48-31)13-7-22-41-25-35(45)32-17-19-34(44)37-33(32)18-20-36(46)42-37/h1-6,9-12,15-20,29,35,41,44-45H,7-8,13-14,21-26H2,(H2,40,47)(H,42,46). The van der Waals surface area contributed by atoms with Gasteiger partial charge in [0.25, 0.3) is 0 Å². The van der Waals surface area contributed by atoms with E-state index in [1.807, 2.05) is 72.0 Å². The number of primary amides is 1. The van der Waals surface area contributed by atoms with Crippen LogP contribution in [0.4, 0.5) is 0 Å². The number of pyridine rings is 1. The van der Waals surface area contributed by atoms with Crippen LogP contribution >= 0.6 is 11.3 Å². The summed E-state index contributed by atoms with van der Waals surface area (Å²) in [5.41, 5.74) is 8.06. The maximum absolute atomic E-state index is 13.4. The zero-order valence-corrected chi connectivity index (χ0v) is 27.9. The Morgan fingerprint density at radius 2 is 1.60 bits per heavy atom. The van der Waals surface area contributed by atoms with E-state index in [1.165, 1.54) is 21.9 Å². The molecule has 6 N–H and O–H groups in total. The molecule has 1 aliphatic heterocycles. The molecule has 5 aromatic rings. The van der Waals surface area contributed by atoms with E-state index in [-0.39, 0.29) is 23.1 Å². The number of aromatic amines is 1. The average molecular weight is 665 g/mol. The van der Waals surface area contributed by atoms with Crippen LogP contribution in [0, 0.1) is 5.92 Å². The van der Waals surface area contributed by atoms with Crippen LogP contribution in [-0.2, 0) is 23.1 Å². The number of phenols is 1. The lowest BCUT2D eigenvalue weighted by Gasteiger charge is -2.37. The maximum atomic E-state index is 13.4. The molecule has 2 unspecified atom stereocenters. The van der Waals surface area contributed by atoms with Crippen LogP contribution in [0.5, 0.6) is 5.75 Å². The highest BCUT2D eigenvalue weighted by atomic mass is 32.1. The molecule has 0 saturated carbocycles. The highest BCUT2D eigenvalue weighted by Gasteiger charge is 2.49. The Bertz CT molecular complexity index is 1830. The number of rotatable bonds is 15. The summed E-state index contributed by atoms with van der Waals surface area (Å²) >= 11 is 1.87. The van der Waals surface area contributed by atoms with Crippen LogP contribution in [-0.4, -0.2) is 58.7 Å². The van der Waals surface area contributed by atoms with E-state index in [2.05, 4.69) is 27.3 Å². The third kappa shape index (κ3) is 7.24. The number of nitrogens with zero attached hydrogens (tertiary/aromatic N) is 1. The van der Waals surface area contributed by atoms with E-state index in [4.69, 9.17) is 5.73 Å². The number of amides is 1. The Kier molecular flexibility index (Phi) is 10.7. The van der Waals surface area contributed by atoms with Gasteiger partial charge in [-0.3, -0.25) is 9.59 Å². The molecule has 2 atom stereocenters. The van der Waals surface area contributed by atoms with Gasteiger partial charge in [0.15, 0.2) is 0 Å². The first-order chi connectivity index (χ1) is 23.4. The van der Waals surface area contributed by atoms with E-state index in [9.17, 15) is 19.8 Å². The fourth-order valence-electron chi connectivity index (χ4n) is 7.37. The van der Waals surface area contributed by atoms with Crippen LogP contribution in [0.15, 0.2) is 102 Å². The molecule has 9 heteroatoms. The number of carbonyl (C=O) groups is 1. The number of hydrogen-bond donors (Lipinski definition) is 5.